The number of aryl methyl sites for hydroxylation is 2. The molecule has 0 amide bonds. The average molecular weight is 255 g/mol. The van der Waals surface area contributed by atoms with E-state index in [-0.39, 0.29) is 6.04 Å². The van der Waals surface area contributed by atoms with Crippen LogP contribution in [-0.4, -0.2) is 5.11 Å². The van der Waals surface area contributed by atoms with Crippen LogP contribution >= 0.6 is 0 Å². The lowest BCUT2D eigenvalue weighted by molar-refractivity contribution is 0.452. The van der Waals surface area contributed by atoms with Gasteiger partial charge < -0.3 is 10.4 Å². The van der Waals surface area contributed by atoms with Crippen LogP contribution in [0.3, 0.4) is 0 Å². The molecule has 0 saturated heterocycles. The first kappa shape index (κ1) is 13.6. The van der Waals surface area contributed by atoms with Gasteiger partial charge in [0.2, 0.25) is 0 Å². The molecule has 1 unspecified atom stereocenters. The largest absolute Gasteiger partial charge is 0.508 e. The smallest absolute Gasteiger partial charge is 0.120 e. The summed E-state index contributed by atoms with van der Waals surface area (Å²) in [7, 11) is 0. The van der Waals surface area contributed by atoms with E-state index in [9.17, 15) is 5.11 Å². The summed E-state index contributed by atoms with van der Waals surface area (Å²) in [4.78, 5) is 0. The predicted molar refractivity (Wildman–Crippen MR) is 79.3 cm³/mol. The van der Waals surface area contributed by atoms with Gasteiger partial charge in [-0.15, -0.1) is 0 Å². The Kier molecular flexibility index (Phi) is 4.23. The number of rotatable bonds is 4. The zero-order valence-electron chi connectivity index (χ0n) is 11.8. The van der Waals surface area contributed by atoms with E-state index in [1.54, 1.807) is 6.07 Å². The lowest BCUT2D eigenvalue weighted by Crippen LogP contribution is -2.18. The van der Waals surface area contributed by atoms with Crippen molar-refractivity contribution in [2.75, 3.05) is 0 Å². The molecule has 19 heavy (non-hydrogen) atoms. The fourth-order valence-corrected chi connectivity index (χ4v) is 2.11. The van der Waals surface area contributed by atoms with Crippen LogP contribution in [0.25, 0.3) is 0 Å². The van der Waals surface area contributed by atoms with Gasteiger partial charge in [0, 0.05) is 18.2 Å². The van der Waals surface area contributed by atoms with Gasteiger partial charge in [-0.2, -0.15) is 0 Å². The SMILES string of the molecule is Cc1ccc(CNC(C)c2ccc(C)cc2O)cc1. The molecular formula is C17H21NO. The summed E-state index contributed by atoms with van der Waals surface area (Å²) < 4.78 is 0. The minimum absolute atomic E-state index is 0.127. The molecule has 2 rings (SSSR count). The Morgan fingerprint density at radius 1 is 1.00 bits per heavy atom. The highest BCUT2D eigenvalue weighted by molar-refractivity contribution is 5.37. The predicted octanol–water partition coefficient (Wildman–Crippen LogP) is 3.86. The van der Waals surface area contributed by atoms with Crippen molar-refractivity contribution in [3.05, 3.63) is 64.7 Å². The lowest BCUT2D eigenvalue weighted by Gasteiger charge is -2.16. The first-order valence-electron chi connectivity index (χ1n) is 6.64. The summed E-state index contributed by atoms with van der Waals surface area (Å²) in [5.74, 6) is 0.365. The van der Waals surface area contributed by atoms with Gasteiger partial charge in [-0.25, -0.2) is 0 Å². The van der Waals surface area contributed by atoms with Gasteiger partial charge in [0.05, 0.1) is 0 Å². The number of aromatic hydroxyl groups is 1. The van der Waals surface area contributed by atoms with E-state index in [2.05, 4.69) is 43.4 Å². The van der Waals surface area contributed by atoms with Crippen LogP contribution in [0.5, 0.6) is 5.75 Å². The Morgan fingerprint density at radius 3 is 2.26 bits per heavy atom. The molecule has 2 aromatic carbocycles. The van der Waals surface area contributed by atoms with Crippen LogP contribution in [0.1, 0.15) is 35.2 Å². The fourth-order valence-electron chi connectivity index (χ4n) is 2.11. The molecule has 0 fully saturated rings. The highest BCUT2D eigenvalue weighted by Gasteiger charge is 2.09. The molecule has 1 atom stereocenters. The molecule has 0 aliphatic rings. The number of benzene rings is 2. The molecule has 2 nitrogen and oxygen atoms in total. The molecule has 2 aromatic rings. The highest BCUT2D eigenvalue weighted by Crippen LogP contribution is 2.25. The van der Waals surface area contributed by atoms with Crippen molar-refractivity contribution < 1.29 is 5.11 Å². The van der Waals surface area contributed by atoms with Crippen molar-refractivity contribution in [3.63, 3.8) is 0 Å². The molecule has 0 bridgehead atoms. The number of nitrogens with one attached hydrogen (secondary N) is 1. The third-order valence-electron chi connectivity index (χ3n) is 3.39. The summed E-state index contributed by atoms with van der Waals surface area (Å²) in [6, 6.07) is 14.4. The van der Waals surface area contributed by atoms with E-state index < -0.39 is 0 Å². The van der Waals surface area contributed by atoms with Gasteiger partial charge in [-0.1, -0.05) is 42.0 Å². The van der Waals surface area contributed by atoms with Crippen LogP contribution < -0.4 is 5.32 Å². The monoisotopic (exact) mass is 255 g/mol. The van der Waals surface area contributed by atoms with Gasteiger partial charge in [-0.3, -0.25) is 0 Å². The Labute approximate surface area is 115 Å². The van der Waals surface area contributed by atoms with Crippen LogP contribution in [0, 0.1) is 13.8 Å². The van der Waals surface area contributed by atoms with Gasteiger partial charge in [0.25, 0.3) is 0 Å². The van der Waals surface area contributed by atoms with Gasteiger partial charge >= 0.3 is 0 Å². The summed E-state index contributed by atoms with van der Waals surface area (Å²) in [6.07, 6.45) is 0. The van der Waals surface area contributed by atoms with E-state index in [1.165, 1.54) is 11.1 Å². The molecule has 100 valence electrons. The standard InChI is InChI=1S/C17H21NO/c1-12-4-7-15(8-5-12)11-18-14(3)16-9-6-13(2)10-17(16)19/h4-10,14,18-19H,11H2,1-3H3. The summed E-state index contributed by atoms with van der Waals surface area (Å²) >= 11 is 0. The minimum atomic E-state index is 0.127. The van der Waals surface area contributed by atoms with E-state index in [4.69, 9.17) is 0 Å². The summed E-state index contributed by atoms with van der Waals surface area (Å²) in [6.45, 7) is 6.94. The van der Waals surface area contributed by atoms with Crippen LogP contribution in [0.2, 0.25) is 0 Å². The molecule has 2 N–H and O–H groups in total. The van der Waals surface area contributed by atoms with Gasteiger partial charge in [0.15, 0.2) is 0 Å². The van der Waals surface area contributed by atoms with Crippen molar-refractivity contribution >= 4 is 0 Å². The molecular weight excluding hydrogens is 234 g/mol. The number of hydrogen-bond acceptors (Lipinski definition) is 2. The lowest BCUT2D eigenvalue weighted by atomic mass is 10.0. The molecule has 0 spiro atoms. The molecule has 0 aliphatic heterocycles. The van der Waals surface area contributed by atoms with Crippen LogP contribution in [0.15, 0.2) is 42.5 Å². The molecule has 0 radical (unpaired) electrons. The molecule has 0 heterocycles. The van der Waals surface area contributed by atoms with Crippen molar-refractivity contribution in [1.29, 1.82) is 0 Å². The molecule has 0 saturated carbocycles. The summed E-state index contributed by atoms with van der Waals surface area (Å²) in [5, 5.41) is 13.4. The normalized spacial score (nSPS) is 12.4. The first-order valence-corrected chi connectivity index (χ1v) is 6.64. The van der Waals surface area contributed by atoms with E-state index >= 15 is 0 Å². The number of phenolic OH excluding ortho intramolecular Hbond substituents is 1. The highest BCUT2D eigenvalue weighted by atomic mass is 16.3. The Hall–Kier alpha value is -1.80. The Morgan fingerprint density at radius 2 is 1.63 bits per heavy atom. The van der Waals surface area contributed by atoms with E-state index in [1.807, 2.05) is 19.1 Å². The fraction of sp³-hybridized carbons (Fsp3) is 0.294. The van der Waals surface area contributed by atoms with E-state index in [0.717, 1.165) is 17.7 Å². The van der Waals surface area contributed by atoms with Crippen LogP contribution in [-0.2, 0) is 6.54 Å². The second kappa shape index (κ2) is 5.89. The minimum Gasteiger partial charge on any atom is -0.508 e. The molecule has 0 aromatic heterocycles. The maximum Gasteiger partial charge on any atom is 0.120 e. The van der Waals surface area contributed by atoms with Gasteiger partial charge in [-0.05, 0) is 38.0 Å². The van der Waals surface area contributed by atoms with Crippen molar-refractivity contribution in [2.24, 2.45) is 0 Å². The quantitative estimate of drug-likeness (QED) is 0.869. The van der Waals surface area contributed by atoms with Crippen molar-refractivity contribution in [3.8, 4) is 5.75 Å². The molecule has 0 aliphatic carbocycles. The topological polar surface area (TPSA) is 32.3 Å². The first-order chi connectivity index (χ1) is 9.06. The average Bonchev–Trinajstić information content (AvgIpc) is 2.37. The Balaban J connectivity index is 2.01. The maximum absolute atomic E-state index is 9.96. The third kappa shape index (κ3) is 3.58. The number of hydrogen-bond donors (Lipinski definition) is 2. The number of phenols is 1. The van der Waals surface area contributed by atoms with Crippen molar-refractivity contribution in [2.45, 2.75) is 33.4 Å². The Bertz CT molecular complexity index is 546. The van der Waals surface area contributed by atoms with E-state index in [0.29, 0.717) is 5.75 Å². The summed E-state index contributed by atoms with van der Waals surface area (Å²) in [5.41, 5.74) is 4.54. The van der Waals surface area contributed by atoms with Crippen molar-refractivity contribution in [1.82, 2.24) is 5.32 Å². The zero-order chi connectivity index (χ0) is 13.8. The zero-order valence-corrected chi connectivity index (χ0v) is 11.8. The second-order valence-electron chi connectivity index (χ2n) is 5.15. The van der Waals surface area contributed by atoms with Crippen LogP contribution in [0.4, 0.5) is 0 Å². The maximum atomic E-state index is 9.96. The second-order valence-corrected chi connectivity index (χ2v) is 5.15. The molecule has 2 heteroatoms. The third-order valence-corrected chi connectivity index (χ3v) is 3.39. The van der Waals surface area contributed by atoms with Gasteiger partial charge in [0.1, 0.15) is 5.75 Å².